The van der Waals surface area contributed by atoms with Gasteiger partial charge in [0.15, 0.2) is 0 Å². The minimum Gasteiger partial charge on any atom is -0.314 e. The van der Waals surface area contributed by atoms with E-state index in [4.69, 9.17) is 11.6 Å². The number of aromatic nitrogens is 1. The predicted octanol–water partition coefficient (Wildman–Crippen LogP) is 4.48. The van der Waals surface area contributed by atoms with Gasteiger partial charge >= 0.3 is 0 Å². The van der Waals surface area contributed by atoms with Gasteiger partial charge in [0.05, 0.1) is 5.52 Å². The molecule has 1 aliphatic heterocycles. The van der Waals surface area contributed by atoms with Gasteiger partial charge in [-0.25, -0.2) is 4.98 Å². The van der Waals surface area contributed by atoms with Crippen LogP contribution in [0.1, 0.15) is 30.9 Å². The van der Waals surface area contributed by atoms with Crippen LogP contribution in [0, 0.1) is 5.92 Å². The van der Waals surface area contributed by atoms with Crippen molar-refractivity contribution in [2.24, 2.45) is 5.92 Å². The summed E-state index contributed by atoms with van der Waals surface area (Å²) in [6.07, 6.45) is 3.97. The van der Waals surface area contributed by atoms with E-state index in [2.05, 4.69) is 33.4 Å². The highest BCUT2D eigenvalue weighted by Crippen LogP contribution is 2.42. The molecule has 0 bridgehead atoms. The summed E-state index contributed by atoms with van der Waals surface area (Å²) in [4.78, 5) is 7.23. The zero-order valence-corrected chi connectivity index (χ0v) is 16.0. The number of rotatable bonds is 4. The highest BCUT2D eigenvalue weighted by molar-refractivity contribution is 6.30. The number of hydrogen-bond acceptors (Lipinski definition) is 3. The van der Waals surface area contributed by atoms with Crippen LogP contribution in [-0.2, 0) is 0 Å². The average Bonchev–Trinajstić information content (AvgIpc) is 3.37. The molecule has 1 aromatic heterocycles. The van der Waals surface area contributed by atoms with E-state index in [0.717, 1.165) is 37.6 Å². The Morgan fingerprint density at radius 2 is 1.88 bits per heavy atom. The fourth-order valence-electron chi connectivity index (χ4n) is 3.48. The molecule has 0 amide bonds. The Morgan fingerprint density at radius 1 is 1.17 bits per heavy atom. The summed E-state index contributed by atoms with van der Waals surface area (Å²) < 4.78 is 0. The van der Waals surface area contributed by atoms with Crippen LogP contribution in [-0.4, -0.2) is 36.1 Å². The van der Waals surface area contributed by atoms with Crippen LogP contribution >= 0.6 is 36.4 Å². The maximum Gasteiger partial charge on any atom is 0.134 e. The molecular formula is C18H24Cl3N3. The Labute approximate surface area is 161 Å². The summed E-state index contributed by atoms with van der Waals surface area (Å²) in [6, 6.07) is 10.9. The Balaban J connectivity index is 0.00000104. The van der Waals surface area contributed by atoms with Gasteiger partial charge in [0.1, 0.15) is 5.15 Å². The van der Waals surface area contributed by atoms with Crippen molar-refractivity contribution in [3.63, 3.8) is 0 Å². The summed E-state index contributed by atoms with van der Waals surface area (Å²) in [7, 11) is 0. The Morgan fingerprint density at radius 3 is 2.58 bits per heavy atom. The van der Waals surface area contributed by atoms with Crippen molar-refractivity contribution >= 4 is 47.3 Å². The zero-order valence-electron chi connectivity index (χ0n) is 13.6. The number of piperazine rings is 1. The van der Waals surface area contributed by atoms with E-state index < -0.39 is 0 Å². The van der Waals surface area contributed by atoms with Gasteiger partial charge in [0.2, 0.25) is 0 Å². The van der Waals surface area contributed by atoms with Crippen molar-refractivity contribution in [1.82, 2.24) is 15.2 Å². The lowest BCUT2D eigenvalue weighted by Gasteiger charge is -2.35. The number of benzene rings is 1. The summed E-state index contributed by atoms with van der Waals surface area (Å²) in [5.41, 5.74) is 2.20. The lowest BCUT2D eigenvalue weighted by Crippen LogP contribution is -2.45. The topological polar surface area (TPSA) is 28.2 Å². The molecule has 3 nitrogen and oxygen atoms in total. The van der Waals surface area contributed by atoms with Gasteiger partial charge < -0.3 is 5.32 Å². The predicted molar refractivity (Wildman–Crippen MR) is 106 cm³/mol. The standard InChI is InChI=1S/C18H22ClN3.2ClH/c19-18-15(12-14-3-1-2-4-16(14)21-18)17(11-13-5-6-13)22-9-7-20-8-10-22;;/h1-4,12-13,17,20H,5-11H2;2*1H/t17-;;/m0../s1. The number of hydrogen-bond donors (Lipinski definition) is 1. The number of nitrogens with zero attached hydrogens (tertiary/aromatic N) is 2. The van der Waals surface area contributed by atoms with Crippen LogP contribution in [0.2, 0.25) is 5.15 Å². The van der Waals surface area contributed by atoms with Gasteiger partial charge in [-0.15, -0.1) is 24.8 Å². The molecule has 1 saturated heterocycles. The summed E-state index contributed by atoms with van der Waals surface area (Å²) in [5, 5.41) is 5.32. The molecule has 1 saturated carbocycles. The molecule has 132 valence electrons. The molecule has 1 aromatic carbocycles. The van der Waals surface area contributed by atoms with Gasteiger partial charge in [0.25, 0.3) is 0 Å². The fourth-order valence-corrected chi connectivity index (χ4v) is 3.75. The van der Waals surface area contributed by atoms with Gasteiger partial charge in [-0.2, -0.15) is 0 Å². The summed E-state index contributed by atoms with van der Waals surface area (Å²) in [6.45, 7) is 4.33. The normalized spacial score (nSPS) is 19.4. The second-order valence-corrected chi connectivity index (χ2v) is 6.90. The second kappa shape index (κ2) is 8.68. The number of fused-ring (bicyclic) bond motifs is 1. The molecule has 1 atom stereocenters. The molecule has 2 fully saturated rings. The quantitative estimate of drug-likeness (QED) is 0.783. The molecule has 6 heteroatoms. The van der Waals surface area contributed by atoms with E-state index in [1.807, 2.05) is 12.1 Å². The first kappa shape index (κ1) is 19.7. The Hall–Kier alpha value is -0.580. The van der Waals surface area contributed by atoms with Crippen molar-refractivity contribution in [3.05, 3.63) is 41.0 Å². The average molecular weight is 389 g/mol. The first-order chi connectivity index (χ1) is 10.8. The molecule has 4 rings (SSSR count). The molecule has 2 aliphatic rings. The van der Waals surface area contributed by atoms with Crippen molar-refractivity contribution in [3.8, 4) is 0 Å². The molecule has 1 N–H and O–H groups in total. The largest absolute Gasteiger partial charge is 0.314 e. The van der Waals surface area contributed by atoms with Gasteiger partial charge in [-0.1, -0.05) is 42.6 Å². The van der Waals surface area contributed by atoms with Crippen LogP contribution in [0.5, 0.6) is 0 Å². The third-order valence-electron chi connectivity index (χ3n) is 4.91. The minimum absolute atomic E-state index is 0. The van der Waals surface area contributed by atoms with Crippen LogP contribution in [0.3, 0.4) is 0 Å². The number of pyridine rings is 1. The lowest BCUT2D eigenvalue weighted by molar-refractivity contribution is 0.160. The van der Waals surface area contributed by atoms with E-state index in [-0.39, 0.29) is 24.8 Å². The van der Waals surface area contributed by atoms with Crippen molar-refractivity contribution in [2.45, 2.75) is 25.3 Å². The van der Waals surface area contributed by atoms with E-state index in [1.165, 1.54) is 30.2 Å². The van der Waals surface area contributed by atoms with Gasteiger partial charge in [0, 0.05) is 43.2 Å². The lowest BCUT2D eigenvalue weighted by atomic mass is 9.98. The molecule has 2 aromatic rings. The highest BCUT2D eigenvalue weighted by atomic mass is 35.5. The Kier molecular flexibility index (Phi) is 7.14. The summed E-state index contributed by atoms with van der Waals surface area (Å²) >= 11 is 6.57. The molecule has 0 unspecified atom stereocenters. The molecule has 1 aliphatic carbocycles. The number of para-hydroxylation sites is 1. The van der Waals surface area contributed by atoms with Crippen molar-refractivity contribution in [1.29, 1.82) is 0 Å². The monoisotopic (exact) mass is 387 g/mol. The van der Waals surface area contributed by atoms with Crippen molar-refractivity contribution < 1.29 is 0 Å². The van der Waals surface area contributed by atoms with Crippen LogP contribution < -0.4 is 5.32 Å². The van der Waals surface area contributed by atoms with Gasteiger partial charge in [-0.3, -0.25) is 4.90 Å². The summed E-state index contributed by atoms with van der Waals surface area (Å²) in [5.74, 6) is 0.877. The van der Waals surface area contributed by atoms with E-state index in [9.17, 15) is 0 Å². The third kappa shape index (κ3) is 4.33. The first-order valence-electron chi connectivity index (χ1n) is 8.31. The number of nitrogens with one attached hydrogen (secondary N) is 1. The SMILES string of the molecule is Cl.Cl.Clc1nc2ccccc2cc1[C@H](CC1CC1)N1CCNCC1. The molecular weight excluding hydrogens is 365 g/mol. The second-order valence-electron chi connectivity index (χ2n) is 6.54. The smallest absolute Gasteiger partial charge is 0.134 e. The number of halogens is 3. The molecule has 24 heavy (non-hydrogen) atoms. The van der Waals surface area contributed by atoms with Crippen LogP contribution in [0.4, 0.5) is 0 Å². The minimum atomic E-state index is 0. The zero-order chi connectivity index (χ0) is 14.9. The Bertz CT molecular complexity index is 670. The van der Waals surface area contributed by atoms with E-state index in [1.54, 1.807) is 0 Å². The van der Waals surface area contributed by atoms with Crippen LogP contribution in [0.15, 0.2) is 30.3 Å². The maximum absolute atomic E-state index is 6.57. The maximum atomic E-state index is 6.57. The van der Waals surface area contributed by atoms with Crippen molar-refractivity contribution in [2.75, 3.05) is 26.2 Å². The highest BCUT2D eigenvalue weighted by Gasteiger charge is 2.31. The molecule has 2 heterocycles. The van der Waals surface area contributed by atoms with Gasteiger partial charge in [-0.05, 0) is 24.5 Å². The first-order valence-corrected chi connectivity index (χ1v) is 8.69. The molecule has 0 spiro atoms. The third-order valence-corrected chi connectivity index (χ3v) is 5.21. The van der Waals surface area contributed by atoms with E-state index >= 15 is 0 Å². The fraction of sp³-hybridized carbons (Fsp3) is 0.500. The van der Waals surface area contributed by atoms with E-state index in [0.29, 0.717) is 11.2 Å². The van der Waals surface area contributed by atoms with Crippen LogP contribution in [0.25, 0.3) is 10.9 Å². The molecule has 0 radical (unpaired) electrons.